The van der Waals surface area contributed by atoms with Gasteiger partial charge in [-0.15, -0.1) is 11.3 Å². The van der Waals surface area contributed by atoms with Gasteiger partial charge < -0.3 is 4.90 Å². The van der Waals surface area contributed by atoms with Crippen LogP contribution in [-0.4, -0.2) is 44.5 Å². The molecule has 2 aromatic carbocycles. The lowest BCUT2D eigenvalue weighted by Gasteiger charge is -2.28. The second-order valence-electron chi connectivity index (χ2n) is 7.63. The zero-order valence-corrected chi connectivity index (χ0v) is 20.3. The number of likely N-dealkylation sites (N-methyl/N-ethyl adjacent to an activating group) is 1. The number of benzene rings is 2. The standard InChI is InChI=1S/C21H21Cl2FN4O2S2/c1-27(16-6-7-28(11-16)10-14-2-4-15(22)5-3-14)19-9-18(24)20(8-17(19)23)32(29,30)26-21-12-31-13-25-21/h2-5,8-9,12-13,16,26H,6-7,10-11H2,1H3. The van der Waals surface area contributed by atoms with E-state index in [9.17, 15) is 12.8 Å². The van der Waals surface area contributed by atoms with E-state index in [1.807, 2.05) is 36.2 Å². The predicted molar refractivity (Wildman–Crippen MR) is 128 cm³/mol. The van der Waals surface area contributed by atoms with Crippen molar-refractivity contribution in [2.24, 2.45) is 0 Å². The maximum Gasteiger partial charge on any atom is 0.266 e. The number of hydrogen-bond acceptors (Lipinski definition) is 6. The molecule has 3 aromatic rings. The number of anilines is 2. The van der Waals surface area contributed by atoms with Gasteiger partial charge in [0.25, 0.3) is 10.0 Å². The van der Waals surface area contributed by atoms with Gasteiger partial charge in [-0.1, -0.05) is 35.3 Å². The van der Waals surface area contributed by atoms with Crippen LogP contribution in [0.25, 0.3) is 0 Å². The summed E-state index contributed by atoms with van der Waals surface area (Å²) < 4.78 is 42.3. The molecule has 11 heteroatoms. The molecule has 1 aliphatic rings. The molecular weight excluding hydrogens is 494 g/mol. The molecule has 1 fully saturated rings. The first-order chi connectivity index (χ1) is 15.2. The average molecular weight is 515 g/mol. The predicted octanol–water partition coefficient (Wildman–Crippen LogP) is 5.10. The van der Waals surface area contributed by atoms with Gasteiger partial charge in [-0.25, -0.2) is 17.8 Å². The number of aromatic nitrogens is 1. The van der Waals surface area contributed by atoms with Crippen LogP contribution in [0.15, 0.2) is 52.2 Å². The number of sulfonamides is 1. The van der Waals surface area contributed by atoms with Crippen molar-refractivity contribution in [1.29, 1.82) is 0 Å². The number of likely N-dealkylation sites (tertiary alicyclic amines) is 1. The van der Waals surface area contributed by atoms with E-state index in [1.165, 1.54) is 33.9 Å². The SMILES string of the molecule is CN(c1cc(F)c(S(=O)(=O)Nc2cscn2)cc1Cl)C1CCN(Cc2ccc(Cl)cc2)C1. The van der Waals surface area contributed by atoms with Crippen LogP contribution in [0.3, 0.4) is 0 Å². The second kappa shape index (κ2) is 9.52. The fraction of sp³-hybridized carbons (Fsp3) is 0.286. The fourth-order valence-corrected chi connectivity index (χ4v) is 5.90. The van der Waals surface area contributed by atoms with E-state index in [4.69, 9.17) is 23.2 Å². The first-order valence-corrected chi connectivity index (χ1v) is 13.0. The Balaban J connectivity index is 1.47. The molecule has 1 aromatic heterocycles. The summed E-state index contributed by atoms with van der Waals surface area (Å²) in [4.78, 5) is 7.59. The minimum Gasteiger partial charge on any atom is -0.369 e. The van der Waals surface area contributed by atoms with Gasteiger partial charge in [0, 0.05) is 49.2 Å². The van der Waals surface area contributed by atoms with Crippen LogP contribution in [0.4, 0.5) is 15.9 Å². The van der Waals surface area contributed by atoms with Gasteiger partial charge in [-0.3, -0.25) is 9.62 Å². The van der Waals surface area contributed by atoms with E-state index >= 15 is 0 Å². The fourth-order valence-electron chi connectivity index (χ4n) is 3.77. The molecule has 1 N–H and O–H groups in total. The van der Waals surface area contributed by atoms with E-state index in [-0.39, 0.29) is 16.9 Å². The van der Waals surface area contributed by atoms with Crippen LogP contribution in [-0.2, 0) is 16.6 Å². The lowest BCUT2D eigenvalue weighted by molar-refractivity contribution is 0.326. The van der Waals surface area contributed by atoms with Gasteiger partial charge in [0.05, 0.1) is 16.2 Å². The zero-order chi connectivity index (χ0) is 22.9. The minimum absolute atomic E-state index is 0.120. The molecule has 2 heterocycles. The molecule has 1 saturated heterocycles. The van der Waals surface area contributed by atoms with Crippen molar-refractivity contribution in [1.82, 2.24) is 9.88 Å². The molecule has 1 unspecified atom stereocenters. The quantitative estimate of drug-likeness (QED) is 0.475. The summed E-state index contributed by atoms with van der Waals surface area (Å²) in [6.07, 6.45) is 0.882. The molecule has 1 atom stereocenters. The van der Waals surface area contributed by atoms with Gasteiger partial charge in [0.15, 0.2) is 5.82 Å². The largest absolute Gasteiger partial charge is 0.369 e. The molecule has 0 amide bonds. The van der Waals surface area contributed by atoms with Crippen molar-refractivity contribution in [3.8, 4) is 0 Å². The highest BCUT2D eigenvalue weighted by molar-refractivity contribution is 7.92. The summed E-state index contributed by atoms with van der Waals surface area (Å²) in [5, 5.41) is 2.40. The molecule has 0 spiro atoms. The number of rotatable bonds is 7. The number of nitrogens with zero attached hydrogens (tertiary/aromatic N) is 3. The van der Waals surface area contributed by atoms with Gasteiger partial charge >= 0.3 is 0 Å². The number of halogens is 3. The van der Waals surface area contributed by atoms with E-state index in [2.05, 4.69) is 14.6 Å². The van der Waals surface area contributed by atoms with Crippen molar-refractivity contribution in [3.05, 3.63) is 68.7 Å². The number of hydrogen-bond donors (Lipinski definition) is 1. The van der Waals surface area contributed by atoms with Crippen LogP contribution in [0.5, 0.6) is 0 Å². The highest BCUT2D eigenvalue weighted by Gasteiger charge is 2.29. The van der Waals surface area contributed by atoms with E-state index in [0.29, 0.717) is 10.7 Å². The van der Waals surface area contributed by atoms with E-state index < -0.39 is 20.7 Å². The molecule has 0 aliphatic carbocycles. The summed E-state index contributed by atoms with van der Waals surface area (Å²) in [6.45, 7) is 2.47. The zero-order valence-electron chi connectivity index (χ0n) is 17.1. The van der Waals surface area contributed by atoms with Crippen molar-refractivity contribution >= 4 is 56.1 Å². The molecule has 0 saturated carbocycles. The maximum atomic E-state index is 14.9. The summed E-state index contributed by atoms with van der Waals surface area (Å²) in [5.41, 5.74) is 3.11. The molecule has 6 nitrogen and oxygen atoms in total. The topological polar surface area (TPSA) is 65.5 Å². The second-order valence-corrected chi connectivity index (χ2v) is 10.8. The molecule has 4 rings (SSSR count). The summed E-state index contributed by atoms with van der Waals surface area (Å²) in [6, 6.07) is 10.2. The number of nitrogens with one attached hydrogen (secondary N) is 1. The Bertz CT molecular complexity index is 1190. The summed E-state index contributed by atoms with van der Waals surface area (Å²) in [7, 11) is -2.30. The van der Waals surface area contributed by atoms with Gasteiger partial charge in [-0.2, -0.15) is 0 Å². The summed E-state index contributed by atoms with van der Waals surface area (Å²) >= 11 is 13.6. The smallest absolute Gasteiger partial charge is 0.266 e. The Morgan fingerprint density at radius 1 is 1.28 bits per heavy atom. The van der Waals surface area contributed by atoms with Crippen molar-refractivity contribution < 1.29 is 12.8 Å². The lowest BCUT2D eigenvalue weighted by atomic mass is 10.2. The first kappa shape index (κ1) is 23.3. The normalized spacial score (nSPS) is 16.9. The average Bonchev–Trinajstić information content (AvgIpc) is 3.42. The Hall–Kier alpha value is -1.91. The highest BCUT2D eigenvalue weighted by Crippen LogP contribution is 2.33. The van der Waals surface area contributed by atoms with E-state index in [0.717, 1.165) is 32.1 Å². The summed E-state index contributed by atoms with van der Waals surface area (Å²) in [5.74, 6) is -0.728. The molecule has 0 radical (unpaired) electrons. The third kappa shape index (κ3) is 5.18. The van der Waals surface area contributed by atoms with Crippen LogP contribution in [0.1, 0.15) is 12.0 Å². The third-order valence-corrected chi connectivity index (χ3v) is 7.97. The van der Waals surface area contributed by atoms with Crippen LogP contribution < -0.4 is 9.62 Å². The van der Waals surface area contributed by atoms with Crippen LogP contribution in [0.2, 0.25) is 10.0 Å². The van der Waals surface area contributed by atoms with Crippen LogP contribution in [0, 0.1) is 5.82 Å². The maximum absolute atomic E-state index is 14.9. The number of thiazole rings is 1. The Kier molecular flexibility index (Phi) is 6.92. The first-order valence-electron chi connectivity index (χ1n) is 9.82. The van der Waals surface area contributed by atoms with Gasteiger partial charge in [-0.05, 0) is 30.2 Å². The van der Waals surface area contributed by atoms with Gasteiger partial charge in [0.1, 0.15) is 10.7 Å². The van der Waals surface area contributed by atoms with Crippen molar-refractivity contribution in [2.75, 3.05) is 29.8 Å². The Morgan fingerprint density at radius 2 is 2.03 bits per heavy atom. The van der Waals surface area contributed by atoms with Crippen molar-refractivity contribution in [3.63, 3.8) is 0 Å². The Morgan fingerprint density at radius 3 is 2.72 bits per heavy atom. The van der Waals surface area contributed by atoms with Crippen LogP contribution >= 0.6 is 34.5 Å². The highest BCUT2D eigenvalue weighted by atomic mass is 35.5. The molecule has 1 aliphatic heterocycles. The third-order valence-electron chi connectivity index (χ3n) is 5.46. The molecular formula is C21H21Cl2FN4O2S2. The van der Waals surface area contributed by atoms with Gasteiger partial charge in [0.2, 0.25) is 0 Å². The Labute approximate surface area is 200 Å². The minimum atomic E-state index is -4.15. The monoisotopic (exact) mass is 514 g/mol. The lowest BCUT2D eigenvalue weighted by Crippen LogP contribution is -2.34. The van der Waals surface area contributed by atoms with Crippen molar-refractivity contribution in [2.45, 2.75) is 23.9 Å². The molecule has 170 valence electrons. The molecule has 32 heavy (non-hydrogen) atoms. The van der Waals surface area contributed by atoms with E-state index in [1.54, 1.807) is 0 Å². The molecule has 0 bridgehead atoms.